The van der Waals surface area contributed by atoms with E-state index in [1.54, 1.807) is 0 Å². The largest absolute Gasteiger partial charge is 0.330 e. The van der Waals surface area contributed by atoms with Crippen molar-refractivity contribution in [1.29, 1.82) is 0 Å². The molecule has 0 bridgehead atoms. The monoisotopic (exact) mass is 88.1 g/mol. The van der Waals surface area contributed by atoms with Crippen molar-refractivity contribution in [3.63, 3.8) is 0 Å². The first-order valence-electron chi connectivity index (χ1n) is 2.09. The summed E-state index contributed by atoms with van der Waals surface area (Å²) in [5, 5.41) is 9.78. The van der Waals surface area contributed by atoms with E-state index in [4.69, 9.17) is 5.73 Å². The van der Waals surface area contributed by atoms with Gasteiger partial charge in [0.25, 0.3) is 0 Å². The topological polar surface area (TPSA) is 45.9 Å². The van der Waals surface area contributed by atoms with E-state index in [0.717, 1.165) is 0 Å². The third-order valence-electron chi connectivity index (χ3n) is 0.687. The molecule has 0 fully saturated rings. The number of rotatable bonds is 2. The first-order chi connectivity index (χ1) is 2.81. The molecule has 0 aliphatic rings. The van der Waals surface area contributed by atoms with Crippen molar-refractivity contribution in [3.05, 3.63) is 0 Å². The molecule has 6 heavy (non-hydrogen) atoms. The summed E-state index contributed by atoms with van der Waals surface area (Å²) in [5.41, 5.74) is 5.08. The van der Waals surface area contributed by atoms with Crippen LogP contribution in [0, 0.1) is 5.92 Å². The van der Waals surface area contributed by atoms with Gasteiger partial charge in [-0.05, 0) is 12.5 Å². The summed E-state index contributed by atoms with van der Waals surface area (Å²) < 4.78 is 0. The van der Waals surface area contributed by atoms with Gasteiger partial charge in [0.15, 0.2) is 0 Å². The van der Waals surface area contributed by atoms with Crippen LogP contribution in [0.15, 0.2) is 0 Å². The Bertz CT molecular complexity index is 26.7. The maximum atomic E-state index is 9.78. The molecule has 0 saturated heterocycles. The summed E-state index contributed by atoms with van der Waals surface area (Å²) in [7, 11) is 0. The molecule has 2 N–H and O–H groups in total. The zero-order valence-corrected chi connectivity index (χ0v) is 3.98. The molecule has 1 atom stereocenters. The van der Waals surface area contributed by atoms with E-state index in [9.17, 15) is 5.11 Å². The summed E-state index contributed by atoms with van der Waals surface area (Å²) in [6, 6.07) is 0. The fourth-order valence-corrected chi connectivity index (χ4v) is 0.0680. The lowest BCUT2D eigenvalue weighted by Crippen LogP contribution is -2.12. The second-order valence-electron chi connectivity index (χ2n) is 1.51. The Kier molecular flexibility index (Phi) is 3.08. The zero-order chi connectivity index (χ0) is 4.99. The van der Waals surface area contributed by atoms with Crippen molar-refractivity contribution >= 4 is 0 Å². The first-order valence-corrected chi connectivity index (χ1v) is 2.09. The second-order valence-corrected chi connectivity index (χ2v) is 1.51. The summed E-state index contributed by atoms with van der Waals surface area (Å²) in [6.07, 6.45) is 0. The fourth-order valence-electron chi connectivity index (χ4n) is 0.0680. The van der Waals surface area contributed by atoms with Gasteiger partial charge in [0, 0.05) is 0 Å². The Labute approximate surface area is 38.0 Å². The summed E-state index contributed by atoms with van der Waals surface area (Å²) >= 11 is 0. The molecule has 1 radical (unpaired) electrons. The Hall–Kier alpha value is -0.0800. The Morgan fingerprint density at radius 1 is 1.83 bits per heavy atom. The van der Waals surface area contributed by atoms with E-state index in [1.807, 2.05) is 6.92 Å². The molecule has 0 amide bonds. The van der Waals surface area contributed by atoms with E-state index in [0.29, 0.717) is 6.54 Å². The summed E-state index contributed by atoms with van der Waals surface area (Å²) in [4.78, 5) is 0. The fraction of sp³-hybridized carbons (Fsp3) is 1.00. The number of nitrogens with two attached hydrogens (primary N) is 1. The molecule has 0 aromatic heterocycles. The molecule has 0 aliphatic carbocycles. The predicted octanol–water partition coefficient (Wildman–Crippen LogP) is 0.0117. The third kappa shape index (κ3) is 2.18. The van der Waals surface area contributed by atoms with Gasteiger partial charge >= 0.3 is 0 Å². The SMILES string of the molecule is CC(CN)C[O]. The van der Waals surface area contributed by atoms with Crippen LogP contribution < -0.4 is 5.73 Å². The quantitative estimate of drug-likeness (QED) is 0.508. The maximum Gasteiger partial charge on any atom is 0.0859 e. The van der Waals surface area contributed by atoms with Crippen molar-refractivity contribution < 1.29 is 5.11 Å². The minimum Gasteiger partial charge on any atom is -0.330 e. The van der Waals surface area contributed by atoms with Gasteiger partial charge in [0.05, 0.1) is 6.61 Å². The molecule has 0 aliphatic heterocycles. The molecule has 2 heteroatoms. The maximum absolute atomic E-state index is 9.78. The summed E-state index contributed by atoms with van der Waals surface area (Å²) in [5.74, 6) is 0.157. The van der Waals surface area contributed by atoms with Crippen LogP contribution in [0.4, 0.5) is 0 Å². The molecule has 0 aromatic rings. The number of hydrogen-bond donors (Lipinski definition) is 1. The van der Waals surface area contributed by atoms with Crippen LogP contribution in [0.2, 0.25) is 0 Å². The molecule has 37 valence electrons. The highest BCUT2D eigenvalue weighted by atomic mass is 16.3. The Morgan fingerprint density at radius 3 is 2.33 bits per heavy atom. The molecule has 1 unspecified atom stereocenters. The van der Waals surface area contributed by atoms with E-state index >= 15 is 0 Å². The standard InChI is InChI=1S/C4H10NO/c1-4(2-5)3-6/h4H,2-3,5H2,1H3. The van der Waals surface area contributed by atoms with Crippen LogP contribution in [0.5, 0.6) is 0 Å². The minimum atomic E-state index is -0.0451. The van der Waals surface area contributed by atoms with Gasteiger partial charge in [-0.1, -0.05) is 6.92 Å². The molecule has 0 spiro atoms. The second kappa shape index (κ2) is 3.12. The third-order valence-corrected chi connectivity index (χ3v) is 0.687. The highest BCUT2D eigenvalue weighted by molar-refractivity contribution is 4.45. The van der Waals surface area contributed by atoms with Crippen molar-refractivity contribution in [2.24, 2.45) is 11.7 Å². The molecule has 0 saturated carbocycles. The lowest BCUT2D eigenvalue weighted by Gasteiger charge is -1.96. The zero-order valence-electron chi connectivity index (χ0n) is 3.98. The summed E-state index contributed by atoms with van der Waals surface area (Å²) in [6.45, 7) is 2.31. The van der Waals surface area contributed by atoms with Crippen molar-refractivity contribution in [1.82, 2.24) is 0 Å². The van der Waals surface area contributed by atoms with Crippen LogP contribution in [-0.4, -0.2) is 13.2 Å². The van der Waals surface area contributed by atoms with Crippen LogP contribution in [-0.2, 0) is 5.11 Å². The Morgan fingerprint density at radius 2 is 2.33 bits per heavy atom. The normalized spacial score (nSPS) is 14.5. The highest BCUT2D eigenvalue weighted by Crippen LogP contribution is 1.84. The van der Waals surface area contributed by atoms with Crippen LogP contribution in [0.25, 0.3) is 0 Å². The van der Waals surface area contributed by atoms with Gasteiger partial charge in [0.2, 0.25) is 0 Å². The molecular weight excluding hydrogens is 78.0 g/mol. The van der Waals surface area contributed by atoms with Gasteiger partial charge in [-0.25, -0.2) is 5.11 Å². The average molecular weight is 88.1 g/mol. The van der Waals surface area contributed by atoms with E-state index in [-0.39, 0.29) is 12.5 Å². The van der Waals surface area contributed by atoms with Gasteiger partial charge in [0.1, 0.15) is 0 Å². The lowest BCUT2D eigenvalue weighted by atomic mass is 10.2. The lowest BCUT2D eigenvalue weighted by molar-refractivity contribution is 0.154. The van der Waals surface area contributed by atoms with Gasteiger partial charge in [-0.3, -0.25) is 0 Å². The van der Waals surface area contributed by atoms with Crippen LogP contribution in [0.3, 0.4) is 0 Å². The van der Waals surface area contributed by atoms with Gasteiger partial charge < -0.3 is 5.73 Å². The van der Waals surface area contributed by atoms with E-state index in [1.165, 1.54) is 0 Å². The average Bonchev–Trinajstić information content (AvgIpc) is 1.65. The predicted molar refractivity (Wildman–Crippen MR) is 23.8 cm³/mol. The smallest absolute Gasteiger partial charge is 0.0859 e. The van der Waals surface area contributed by atoms with Gasteiger partial charge in [-0.2, -0.15) is 0 Å². The van der Waals surface area contributed by atoms with Gasteiger partial charge in [-0.15, -0.1) is 0 Å². The molecule has 0 rings (SSSR count). The molecule has 0 heterocycles. The molecule has 0 aromatic carbocycles. The Balaban J connectivity index is 2.75. The molecule has 2 nitrogen and oxygen atoms in total. The van der Waals surface area contributed by atoms with E-state index in [2.05, 4.69) is 0 Å². The first kappa shape index (κ1) is 5.92. The van der Waals surface area contributed by atoms with Crippen LogP contribution >= 0.6 is 0 Å². The van der Waals surface area contributed by atoms with Crippen molar-refractivity contribution in [2.75, 3.05) is 13.2 Å². The van der Waals surface area contributed by atoms with Crippen molar-refractivity contribution in [2.45, 2.75) is 6.92 Å². The van der Waals surface area contributed by atoms with Crippen LogP contribution in [0.1, 0.15) is 6.92 Å². The highest BCUT2D eigenvalue weighted by Gasteiger charge is 1.92. The molecular formula is C4H10NO. The number of hydrogen-bond acceptors (Lipinski definition) is 1. The minimum absolute atomic E-state index is 0.0451. The van der Waals surface area contributed by atoms with E-state index < -0.39 is 0 Å². The van der Waals surface area contributed by atoms with Crippen molar-refractivity contribution in [3.8, 4) is 0 Å².